The number of nitrogens with two attached hydrogens (primary N) is 1. The summed E-state index contributed by atoms with van der Waals surface area (Å²) >= 11 is 0. The molecule has 0 radical (unpaired) electrons. The molecule has 0 aliphatic carbocycles. The third-order valence-electron chi connectivity index (χ3n) is 2.82. The minimum absolute atomic E-state index is 0.505. The average molecular weight is 221 g/mol. The molecule has 1 fully saturated rings. The van der Waals surface area contributed by atoms with Crippen LogP contribution in [0.4, 0.5) is 5.82 Å². The van der Waals surface area contributed by atoms with Gasteiger partial charge in [0.1, 0.15) is 11.6 Å². The first-order valence-electron chi connectivity index (χ1n) is 5.75. The van der Waals surface area contributed by atoms with Gasteiger partial charge in [-0.25, -0.2) is 9.97 Å². The van der Waals surface area contributed by atoms with E-state index in [1.165, 1.54) is 6.42 Å². The molecule has 1 unspecified atom stereocenters. The molecule has 0 amide bonds. The lowest BCUT2D eigenvalue weighted by molar-refractivity contribution is 0.414. The highest BCUT2D eigenvalue weighted by atomic mass is 15.2. The van der Waals surface area contributed by atoms with Crippen LogP contribution in [0, 0.1) is 0 Å². The SMILES string of the molecule is CN1CCC(Nc2ccnc(CCN)n2)C1. The van der Waals surface area contributed by atoms with E-state index in [4.69, 9.17) is 5.73 Å². The number of aromatic nitrogens is 2. The van der Waals surface area contributed by atoms with Crippen molar-refractivity contribution in [3.05, 3.63) is 18.1 Å². The molecule has 2 rings (SSSR count). The summed E-state index contributed by atoms with van der Waals surface area (Å²) in [4.78, 5) is 10.9. The first-order chi connectivity index (χ1) is 7.78. The van der Waals surface area contributed by atoms with E-state index in [-0.39, 0.29) is 0 Å². The smallest absolute Gasteiger partial charge is 0.131 e. The molecular formula is C11H19N5. The number of nitrogens with one attached hydrogen (secondary N) is 1. The van der Waals surface area contributed by atoms with Crippen molar-refractivity contribution in [1.82, 2.24) is 14.9 Å². The molecule has 16 heavy (non-hydrogen) atoms. The van der Waals surface area contributed by atoms with Crippen LogP contribution in [0.3, 0.4) is 0 Å². The molecule has 0 bridgehead atoms. The molecule has 5 nitrogen and oxygen atoms in total. The Morgan fingerprint density at radius 2 is 2.50 bits per heavy atom. The summed E-state index contributed by atoms with van der Waals surface area (Å²) in [6.07, 6.45) is 3.70. The van der Waals surface area contributed by atoms with Gasteiger partial charge in [0, 0.05) is 25.2 Å². The van der Waals surface area contributed by atoms with Gasteiger partial charge in [-0.15, -0.1) is 0 Å². The number of anilines is 1. The zero-order chi connectivity index (χ0) is 11.4. The van der Waals surface area contributed by atoms with E-state index in [9.17, 15) is 0 Å². The molecule has 1 aromatic heterocycles. The van der Waals surface area contributed by atoms with Crippen molar-refractivity contribution in [3.8, 4) is 0 Å². The zero-order valence-corrected chi connectivity index (χ0v) is 9.69. The maximum atomic E-state index is 5.49. The normalized spacial score (nSPS) is 21.2. The number of likely N-dealkylation sites (tertiary alicyclic amines) is 1. The van der Waals surface area contributed by atoms with Gasteiger partial charge in [0.05, 0.1) is 0 Å². The number of rotatable bonds is 4. The Morgan fingerprint density at radius 3 is 3.19 bits per heavy atom. The van der Waals surface area contributed by atoms with E-state index in [2.05, 4.69) is 27.2 Å². The van der Waals surface area contributed by atoms with Crippen LogP contribution in [-0.2, 0) is 6.42 Å². The number of likely N-dealkylation sites (N-methyl/N-ethyl adjacent to an activating group) is 1. The van der Waals surface area contributed by atoms with E-state index in [1.807, 2.05) is 6.07 Å². The maximum absolute atomic E-state index is 5.49. The molecule has 88 valence electrons. The van der Waals surface area contributed by atoms with Crippen molar-refractivity contribution in [2.75, 3.05) is 32.0 Å². The standard InChI is InChI=1S/C11H19N5/c1-16-7-4-9(8-16)14-11-3-6-13-10(15-11)2-5-12/h3,6,9H,2,4-5,7-8,12H2,1H3,(H,13,14,15). The van der Waals surface area contributed by atoms with Gasteiger partial charge in [0.15, 0.2) is 0 Å². The summed E-state index contributed by atoms with van der Waals surface area (Å²) in [7, 11) is 2.14. The molecule has 0 aromatic carbocycles. The van der Waals surface area contributed by atoms with Gasteiger partial charge in [-0.1, -0.05) is 0 Å². The molecule has 1 aliphatic rings. The molecule has 5 heteroatoms. The second-order valence-corrected chi connectivity index (χ2v) is 4.29. The zero-order valence-electron chi connectivity index (χ0n) is 9.69. The summed E-state index contributed by atoms with van der Waals surface area (Å²) < 4.78 is 0. The predicted molar refractivity (Wildman–Crippen MR) is 64.3 cm³/mol. The molecule has 2 heterocycles. The Hall–Kier alpha value is -1.20. The number of hydrogen-bond donors (Lipinski definition) is 2. The predicted octanol–water partition coefficient (Wildman–Crippen LogP) is 0.0938. The highest BCUT2D eigenvalue weighted by Gasteiger charge is 2.19. The van der Waals surface area contributed by atoms with Gasteiger partial charge < -0.3 is 16.0 Å². The quantitative estimate of drug-likeness (QED) is 0.754. The highest BCUT2D eigenvalue weighted by Crippen LogP contribution is 2.12. The molecule has 0 spiro atoms. The lowest BCUT2D eigenvalue weighted by Crippen LogP contribution is -2.24. The topological polar surface area (TPSA) is 67.1 Å². The Labute approximate surface area is 96.1 Å². The first-order valence-corrected chi connectivity index (χ1v) is 5.75. The molecule has 1 atom stereocenters. The third kappa shape index (κ3) is 2.90. The summed E-state index contributed by atoms with van der Waals surface area (Å²) in [6, 6.07) is 2.42. The lowest BCUT2D eigenvalue weighted by Gasteiger charge is -2.13. The Bertz CT molecular complexity index is 341. The lowest BCUT2D eigenvalue weighted by atomic mass is 10.2. The average Bonchev–Trinajstić information content (AvgIpc) is 2.65. The van der Waals surface area contributed by atoms with Crippen LogP contribution in [0.2, 0.25) is 0 Å². The molecule has 1 saturated heterocycles. The first kappa shape index (κ1) is 11.3. The fourth-order valence-electron chi connectivity index (χ4n) is 1.99. The van der Waals surface area contributed by atoms with E-state index in [0.717, 1.165) is 31.2 Å². The monoisotopic (exact) mass is 221 g/mol. The fraction of sp³-hybridized carbons (Fsp3) is 0.636. The van der Waals surface area contributed by atoms with Gasteiger partial charge in [-0.3, -0.25) is 0 Å². The minimum atomic E-state index is 0.505. The van der Waals surface area contributed by atoms with Crippen LogP contribution >= 0.6 is 0 Å². The third-order valence-corrected chi connectivity index (χ3v) is 2.82. The minimum Gasteiger partial charge on any atom is -0.366 e. The van der Waals surface area contributed by atoms with Crippen LogP contribution in [0.1, 0.15) is 12.2 Å². The van der Waals surface area contributed by atoms with Crippen LogP contribution in [0.5, 0.6) is 0 Å². The van der Waals surface area contributed by atoms with E-state index >= 15 is 0 Å². The van der Waals surface area contributed by atoms with Gasteiger partial charge in [-0.05, 0) is 32.6 Å². The van der Waals surface area contributed by atoms with Crippen molar-refractivity contribution in [3.63, 3.8) is 0 Å². The van der Waals surface area contributed by atoms with E-state index in [1.54, 1.807) is 6.20 Å². The molecule has 1 aliphatic heterocycles. The second kappa shape index (κ2) is 5.23. The summed E-state index contributed by atoms with van der Waals surface area (Å²) in [5, 5.41) is 3.44. The van der Waals surface area contributed by atoms with Crippen molar-refractivity contribution >= 4 is 5.82 Å². The molecular weight excluding hydrogens is 202 g/mol. The fourth-order valence-corrected chi connectivity index (χ4v) is 1.99. The molecule has 1 aromatic rings. The van der Waals surface area contributed by atoms with Crippen LogP contribution < -0.4 is 11.1 Å². The van der Waals surface area contributed by atoms with Crippen molar-refractivity contribution < 1.29 is 0 Å². The van der Waals surface area contributed by atoms with Gasteiger partial charge in [-0.2, -0.15) is 0 Å². The van der Waals surface area contributed by atoms with Crippen LogP contribution in [-0.4, -0.2) is 47.6 Å². The van der Waals surface area contributed by atoms with Gasteiger partial charge in [0.2, 0.25) is 0 Å². The van der Waals surface area contributed by atoms with Crippen molar-refractivity contribution in [2.45, 2.75) is 18.9 Å². The Balaban J connectivity index is 1.95. The summed E-state index contributed by atoms with van der Waals surface area (Å²) in [5.74, 6) is 1.73. The largest absolute Gasteiger partial charge is 0.366 e. The van der Waals surface area contributed by atoms with Crippen LogP contribution in [0.25, 0.3) is 0 Å². The Morgan fingerprint density at radius 1 is 1.62 bits per heavy atom. The van der Waals surface area contributed by atoms with Gasteiger partial charge >= 0.3 is 0 Å². The molecule has 3 N–H and O–H groups in total. The van der Waals surface area contributed by atoms with E-state index < -0.39 is 0 Å². The van der Waals surface area contributed by atoms with Crippen LogP contribution in [0.15, 0.2) is 12.3 Å². The maximum Gasteiger partial charge on any atom is 0.131 e. The second-order valence-electron chi connectivity index (χ2n) is 4.29. The van der Waals surface area contributed by atoms with Gasteiger partial charge in [0.25, 0.3) is 0 Å². The summed E-state index contributed by atoms with van der Waals surface area (Å²) in [6.45, 7) is 2.82. The highest BCUT2D eigenvalue weighted by molar-refractivity contribution is 5.34. The Kier molecular flexibility index (Phi) is 3.69. The number of nitrogens with zero attached hydrogens (tertiary/aromatic N) is 3. The van der Waals surface area contributed by atoms with E-state index in [0.29, 0.717) is 12.6 Å². The summed E-state index contributed by atoms with van der Waals surface area (Å²) in [5.41, 5.74) is 5.49. The van der Waals surface area contributed by atoms with Crippen molar-refractivity contribution in [2.24, 2.45) is 5.73 Å². The molecule has 0 saturated carbocycles. The van der Waals surface area contributed by atoms with Crippen molar-refractivity contribution in [1.29, 1.82) is 0 Å². The number of hydrogen-bond acceptors (Lipinski definition) is 5.